The van der Waals surface area contributed by atoms with Crippen LogP contribution in [0.4, 0.5) is 0 Å². The molecular weight excluding hydrogens is 218 g/mol. The van der Waals surface area contributed by atoms with Gasteiger partial charge in [0.05, 0.1) is 6.26 Å². The van der Waals surface area contributed by atoms with Gasteiger partial charge in [0, 0.05) is 25.8 Å². The number of rotatable bonds is 3. The summed E-state index contributed by atoms with van der Waals surface area (Å²) in [5.41, 5.74) is 0. The second kappa shape index (κ2) is 5.68. The van der Waals surface area contributed by atoms with Crippen molar-refractivity contribution in [3.8, 4) is 0 Å². The molecule has 2 heterocycles. The normalized spacial score (nSPS) is 21.0. The molecule has 1 aromatic heterocycles. The molecule has 0 aliphatic carbocycles. The zero-order chi connectivity index (χ0) is 12.1. The Bertz CT molecular complexity index is 383. The van der Waals surface area contributed by atoms with Crippen LogP contribution in [0.25, 0.3) is 6.08 Å². The number of hydrogen-bond donors (Lipinski definition) is 1. The van der Waals surface area contributed by atoms with Gasteiger partial charge in [-0.05, 0) is 37.0 Å². The fourth-order valence-electron chi connectivity index (χ4n) is 2.06. The first-order valence-corrected chi connectivity index (χ1v) is 5.91. The van der Waals surface area contributed by atoms with Crippen molar-refractivity contribution in [1.29, 1.82) is 0 Å². The summed E-state index contributed by atoms with van der Waals surface area (Å²) < 4.78 is 5.12. The minimum atomic E-state index is -0.0143. The number of carbonyl (C=O) groups excluding carboxylic acids is 1. The fraction of sp³-hybridized carbons (Fsp3) is 0.462. The number of furan rings is 1. The van der Waals surface area contributed by atoms with Crippen LogP contribution in [0.5, 0.6) is 0 Å². The third-order valence-electron chi connectivity index (χ3n) is 3.02. The van der Waals surface area contributed by atoms with E-state index in [0.29, 0.717) is 12.3 Å². The molecule has 1 aliphatic heterocycles. The van der Waals surface area contributed by atoms with E-state index in [9.17, 15) is 4.79 Å². The van der Waals surface area contributed by atoms with Crippen molar-refractivity contribution in [2.45, 2.75) is 12.8 Å². The van der Waals surface area contributed by atoms with Gasteiger partial charge in [-0.25, -0.2) is 0 Å². The standard InChI is InChI=1S/C13H17NO3/c15-10-11-3-1-7-14(9-11)13(16)6-5-12-4-2-8-17-12/h2,4-6,8,11,15H,1,3,7,9-10H2/b6-5+/t11-/m0/s1. The molecule has 0 bridgehead atoms. The molecule has 4 heteroatoms. The van der Waals surface area contributed by atoms with Crippen molar-refractivity contribution in [3.63, 3.8) is 0 Å². The highest BCUT2D eigenvalue weighted by Gasteiger charge is 2.21. The molecule has 2 rings (SSSR count). The minimum absolute atomic E-state index is 0.0143. The average Bonchev–Trinajstić information content (AvgIpc) is 2.89. The van der Waals surface area contributed by atoms with Gasteiger partial charge in [0.15, 0.2) is 0 Å². The van der Waals surface area contributed by atoms with Gasteiger partial charge in [-0.3, -0.25) is 4.79 Å². The Hall–Kier alpha value is -1.55. The molecule has 0 spiro atoms. The lowest BCUT2D eigenvalue weighted by Gasteiger charge is -2.31. The van der Waals surface area contributed by atoms with E-state index >= 15 is 0 Å². The summed E-state index contributed by atoms with van der Waals surface area (Å²) in [5, 5.41) is 9.10. The van der Waals surface area contributed by atoms with Crippen LogP contribution in [0.2, 0.25) is 0 Å². The Morgan fingerprint density at radius 1 is 1.65 bits per heavy atom. The van der Waals surface area contributed by atoms with Crippen molar-refractivity contribution in [2.75, 3.05) is 19.7 Å². The second-order valence-corrected chi connectivity index (χ2v) is 4.32. The third-order valence-corrected chi connectivity index (χ3v) is 3.02. The van der Waals surface area contributed by atoms with Crippen LogP contribution < -0.4 is 0 Å². The minimum Gasteiger partial charge on any atom is -0.465 e. The SMILES string of the molecule is O=C(/C=C/c1ccco1)N1CCC[C@H](CO)C1. The van der Waals surface area contributed by atoms with Gasteiger partial charge in [0.2, 0.25) is 5.91 Å². The summed E-state index contributed by atoms with van der Waals surface area (Å²) in [7, 11) is 0. The first kappa shape index (κ1) is 11.9. The lowest BCUT2D eigenvalue weighted by atomic mass is 9.99. The molecule has 1 atom stereocenters. The molecule has 1 fully saturated rings. The van der Waals surface area contributed by atoms with Crippen molar-refractivity contribution in [2.24, 2.45) is 5.92 Å². The van der Waals surface area contributed by atoms with E-state index in [-0.39, 0.29) is 18.4 Å². The number of aliphatic hydroxyl groups excluding tert-OH is 1. The number of likely N-dealkylation sites (tertiary alicyclic amines) is 1. The van der Waals surface area contributed by atoms with Gasteiger partial charge in [-0.2, -0.15) is 0 Å². The predicted octanol–water partition coefficient (Wildman–Crippen LogP) is 1.52. The first-order valence-electron chi connectivity index (χ1n) is 5.91. The summed E-state index contributed by atoms with van der Waals surface area (Å²) in [4.78, 5) is 13.7. The molecule has 1 aromatic rings. The highest BCUT2D eigenvalue weighted by molar-refractivity contribution is 5.91. The van der Waals surface area contributed by atoms with E-state index in [2.05, 4.69) is 0 Å². The van der Waals surface area contributed by atoms with E-state index in [1.54, 1.807) is 29.4 Å². The number of piperidine rings is 1. The van der Waals surface area contributed by atoms with Gasteiger partial charge >= 0.3 is 0 Å². The van der Waals surface area contributed by atoms with Crippen molar-refractivity contribution < 1.29 is 14.3 Å². The van der Waals surface area contributed by atoms with Crippen molar-refractivity contribution in [1.82, 2.24) is 4.90 Å². The Kier molecular flexibility index (Phi) is 3.98. The van der Waals surface area contributed by atoms with Gasteiger partial charge in [-0.1, -0.05) is 0 Å². The first-order chi connectivity index (χ1) is 8.29. The van der Waals surface area contributed by atoms with Crippen LogP contribution in [-0.4, -0.2) is 35.6 Å². The molecule has 4 nitrogen and oxygen atoms in total. The van der Waals surface area contributed by atoms with Gasteiger partial charge in [0.25, 0.3) is 0 Å². The van der Waals surface area contributed by atoms with Gasteiger partial charge in [-0.15, -0.1) is 0 Å². The molecule has 1 N–H and O–H groups in total. The topological polar surface area (TPSA) is 53.7 Å². The van der Waals surface area contributed by atoms with Crippen LogP contribution in [0.15, 0.2) is 28.9 Å². The van der Waals surface area contributed by atoms with E-state index in [1.807, 2.05) is 0 Å². The average molecular weight is 235 g/mol. The molecule has 0 unspecified atom stereocenters. The summed E-state index contributed by atoms with van der Waals surface area (Å²) in [6, 6.07) is 3.59. The lowest BCUT2D eigenvalue weighted by Crippen LogP contribution is -2.40. The van der Waals surface area contributed by atoms with Crippen LogP contribution in [0.3, 0.4) is 0 Å². The lowest BCUT2D eigenvalue weighted by molar-refractivity contribution is -0.127. The largest absolute Gasteiger partial charge is 0.465 e. The van der Waals surface area contributed by atoms with E-state index in [1.165, 1.54) is 6.08 Å². The van der Waals surface area contributed by atoms with Crippen LogP contribution >= 0.6 is 0 Å². The molecule has 1 amide bonds. The van der Waals surface area contributed by atoms with Crippen molar-refractivity contribution in [3.05, 3.63) is 30.2 Å². The summed E-state index contributed by atoms with van der Waals surface area (Å²) in [6.45, 7) is 1.58. The highest BCUT2D eigenvalue weighted by Crippen LogP contribution is 2.16. The zero-order valence-corrected chi connectivity index (χ0v) is 9.71. The number of hydrogen-bond acceptors (Lipinski definition) is 3. The maximum absolute atomic E-state index is 11.9. The maximum Gasteiger partial charge on any atom is 0.246 e. The maximum atomic E-state index is 11.9. The molecule has 1 saturated heterocycles. The summed E-state index contributed by atoms with van der Waals surface area (Å²) in [6.07, 6.45) is 6.74. The predicted molar refractivity (Wildman–Crippen MR) is 64.1 cm³/mol. The Morgan fingerprint density at radius 3 is 3.24 bits per heavy atom. The molecule has 0 radical (unpaired) electrons. The molecule has 17 heavy (non-hydrogen) atoms. The van der Waals surface area contributed by atoms with E-state index in [4.69, 9.17) is 9.52 Å². The highest BCUT2D eigenvalue weighted by atomic mass is 16.3. The Morgan fingerprint density at radius 2 is 2.53 bits per heavy atom. The Balaban J connectivity index is 1.91. The zero-order valence-electron chi connectivity index (χ0n) is 9.71. The second-order valence-electron chi connectivity index (χ2n) is 4.32. The quantitative estimate of drug-likeness (QED) is 0.808. The molecular formula is C13H17NO3. The summed E-state index contributed by atoms with van der Waals surface area (Å²) in [5.74, 6) is 0.887. The van der Waals surface area contributed by atoms with Crippen molar-refractivity contribution >= 4 is 12.0 Å². The Labute approximate surface area is 101 Å². The van der Waals surface area contributed by atoms with Gasteiger partial charge < -0.3 is 14.4 Å². The molecule has 92 valence electrons. The van der Waals surface area contributed by atoms with Gasteiger partial charge in [0.1, 0.15) is 5.76 Å². The molecule has 1 aliphatic rings. The number of aliphatic hydroxyl groups is 1. The van der Waals surface area contributed by atoms with E-state index < -0.39 is 0 Å². The number of nitrogens with zero attached hydrogens (tertiary/aromatic N) is 1. The summed E-state index contributed by atoms with van der Waals surface area (Å²) >= 11 is 0. The molecule has 0 saturated carbocycles. The van der Waals surface area contributed by atoms with E-state index in [0.717, 1.165) is 19.4 Å². The monoisotopic (exact) mass is 235 g/mol. The fourth-order valence-corrected chi connectivity index (χ4v) is 2.06. The molecule has 0 aromatic carbocycles. The van der Waals surface area contributed by atoms with Crippen LogP contribution in [-0.2, 0) is 4.79 Å². The third kappa shape index (κ3) is 3.20. The van der Waals surface area contributed by atoms with Crippen LogP contribution in [0.1, 0.15) is 18.6 Å². The smallest absolute Gasteiger partial charge is 0.246 e. The van der Waals surface area contributed by atoms with Crippen LogP contribution in [0, 0.1) is 5.92 Å². The number of amides is 1. The number of carbonyl (C=O) groups is 1.